The molecule has 2 aromatic heterocycles. The van der Waals surface area contributed by atoms with Gasteiger partial charge in [-0.2, -0.15) is 0 Å². The summed E-state index contributed by atoms with van der Waals surface area (Å²) in [5.41, 5.74) is 10.2. The van der Waals surface area contributed by atoms with Crippen molar-refractivity contribution in [3.63, 3.8) is 0 Å². The number of hydrogen-bond acceptors (Lipinski definition) is 0. The van der Waals surface area contributed by atoms with Crippen LogP contribution in [0.1, 0.15) is 35.6 Å². The number of benzene rings is 8. The standard InChI is InChI=1S/C49H34N2/c1-31-37(35-23-26-46-43(29-35)41-18-8-10-20-44(41)50(46)36-24-22-32-12-2-3-13-33(32)28-36)25-27-47-49(31)42-19-9-11-21-45(42)51(47)48-30-34-14-4-5-15-38(34)39-16-6-7-17-40(39)48/h2-31,37H,1H3. The Morgan fingerprint density at radius 1 is 0.431 bits per heavy atom. The molecule has 2 unspecified atom stereocenters. The fourth-order valence-corrected chi connectivity index (χ4v) is 9.14. The van der Waals surface area contributed by atoms with Gasteiger partial charge in [-0.05, 0) is 92.5 Å². The van der Waals surface area contributed by atoms with Crippen molar-refractivity contribution in [2.45, 2.75) is 18.8 Å². The maximum Gasteiger partial charge on any atom is 0.0546 e. The second-order valence-corrected chi connectivity index (χ2v) is 14.1. The fourth-order valence-electron chi connectivity index (χ4n) is 9.14. The van der Waals surface area contributed by atoms with Crippen molar-refractivity contribution < 1.29 is 0 Å². The van der Waals surface area contributed by atoms with E-state index in [2.05, 4.69) is 192 Å². The monoisotopic (exact) mass is 650 g/mol. The van der Waals surface area contributed by atoms with E-state index in [1.54, 1.807) is 0 Å². The minimum atomic E-state index is 0.247. The molecule has 10 aromatic rings. The van der Waals surface area contributed by atoms with E-state index in [4.69, 9.17) is 0 Å². The van der Waals surface area contributed by atoms with Crippen LogP contribution in [0, 0.1) is 0 Å². The fraction of sp³-hybridized carbons (Fsp3) is 0.0612. The maximum atomic E-state index is 2.52. The van der Waals surface area contributed by atoms with E-state index in [0.717, 1.165) is 0 Å². The van der Waals surface area contributed by atoms with Gasteiger partial charge in [0.25, 0.3) is 0 Å². The third-order valence-corrected chi connectivity index (χ3v) is 11.5. The van der Waals surface area contributed by atoms with Crippen LogP contribution in [0.3, 0.4) is 0 Å². The molecule has 0 spiro atoms. The molecule has 0 N–H and O–H groups in total. The van der Waals surface area contributed by atoms with Gasteiger partial charge in [0.1, 0.15) is 0 Å². The first-order valence-corrected chi connectivity index (χ1v) is 18.0. The Hall–Kier alpha value is -6.38. The molecule has 2 heteroatoms. The quantitative estimate of drug-likeness (QED) is 0.168. The molecule has 0 bridgehead atoms. The lowest BCUT2D eigenvalue weighted by atomic mass is 9.78. The molecule has 1 aliphatic rings. The highest BCUT2D eigenvalue weighted by Gasteiger charge is 2.30. The zero-order chi connectivity index (χ0) is 33.6. The zero-order valence-corrected chi connectivity index (χ0v) is 28.3. The zero-order valence-electron chi connectivity index (χ0n) is 28.3. The lowest BCUT2D eigenvalue weighted by Crippen LogP contribution is -2.12. The number of hydrogen-bond donors (Lipinski definition) is 0. The van der Waals surface area contributed by atoms with Crippen LogP contribution in [0.4, 0.5) is 0 Å². The molecular formula is C49H34N2. The summed E-state index contributed by atoms with van der Waals surface area (Å²) in [6, 6.07) is 60.5. The van der Waals surface area contributed by atoms with Crippen LogP contribution in [-0.4, -0.2) is 9.13 Å². The van der Waals surface area contributed by atoms with Gasteiger partial charge in [-0.1, -0.05) is 134 Å². The lowest BCUT2D eigenvalue weighted by Gasteiger charge is -2.27. The summed E-state index contributed by atoms with van der Waals surface area (Å²) in [5, 5.41) is 11.6. The number of nitrogens with zero attached hydrogens (tertiary/aromatic N) is 2. The Morgan fingerprint density at radius 3 is 1.88 bits per heavy atom. The highest BCUT2D eigenvalue weighted by atomic mass is 15.0. The van der Waals surface area contributed by atoms with Crippen LogP contribution < -0.4 is 0 Å². The van der Waals surface area contributed by atoms with Gasteiger partial charge in [0.15, 0.2) is 0 Å². The first-order valence-electron chi connectivity index (χ1n) is 18.0. The average Bonchev–Trinajstić information content (AvgIpc) is 3.70. The number of fused-ring (bicyclic) bond motifs is 10. The predicted molar refractivity (Wildman–Crippen MR) is 217 cm³/mol. The average molecular weight is 651 g/mol. The van der Waals surface area contributed by atoms with Gasteiger partial charge in [0.05, 0.1) is 27.9 Å². The molecule has 0 radical (unpaired) electrons. The van der Waals surface area contributed by atoms with E-state index in [1.165, 1.54) is 93.2 Å². The Kier molecular flexibility index (Phi) is 6.03. The largest absolute Gasteiger partial charge is 0.309 e. The number of para-hydroxylation sites is 2. The van der Waals surface area contributed by atoms with Crippen molar-refractivity contribution in [1.82, 2.24) is 9.13 Å². The van der Waals surface area contributed by atoms with Gasteiger partial charge >= 0.3 is 0 Å². The highest BCUT2D eigenvalue weighted by Crippen LogP contribution is 2.47. The Morgan fingerprint density at radius 2 is 1.06 bits per heavy atom. The maximum absolute atomic E-state index is 2.52. The summed E-state index contributed by atoms with van der Waals surface area (Å²) in [6.45, 7) is 2.42. The Balaban J connectivity index is 1.09. The smallest absolute Gasteiger partial charge is 0.0546 e. The Labute approximate surface area is 296 Å². The summed E-state index contributed by atoms with van der Waals surface area (Å²) < 4.78 is 4.95. The van der Waals surface area contributed by atoms with E-state index in [-0.39, 0.29) is 11.8 Å². The SMILES string of the molecule is CC1c2c(n(-c3cc4ccccc4c4ccccc34)c3ccccc23)C=CC1c1ccc2c(c1)c1ccccc1n2-c1ccc2ccccc2c1. The van der Waals surface area contributed by atoms with Crippen LogP contribution in [0.5, 0.6) is 0 Å². The van der Waals surface area contributed by atoms with Crippen LogP contribution in [0.25, 0.3) is 82.5 Å². The normalized spacial score (nSPS) is 15.9. The lowest BCUT2D eigenvalue weighted by molar-refractivity contribution is 0.672. The minimum absolute atomic E-state index is 0.247. The molecule has 240 valence electrons. The highest BCUT2D eigenvalue weighted by molar-refractivity contribution is 6.12. The summed E-state index contributed by atoms with van der Waals surface area (Å²) in [7, 11) is 0. The third kappa shape index (κ3) is 4.11. The molecule has 0 saturated carbocycles. The molecule has 0 saturated heterocycles. The first-order chi connectivity index (χ1) is 25.2. The molecule has 11 rings (SSSR count). The topological polar surface area (TPSA) is 9.86 Å². The van der Waals surface area contributed by atoms with E-state index in [9.17, 15) is 0 Å². The number of rotatable bonds is 3. The summed E-state index contributed by atoms with van der Waals surface area (Å²) in [6.07, 6.45) is 4.85. The molecule has 2 heterocycles. The van der Waals surface area contributed by atoms with Crippen molar-refractivity contribution in [3.05, 3.63) is 187 Å². The van der Waals surface area contributed by atoms with Crippen molar-refractivity contribution in [2.75, 3.05) is 0 Å². The molecule has 0 amide bonds. The van der Waals surface area contributed by atoms with Crippen LogP contribution in [-0.2, 0) is 0 Å². The van der Waals surface area contributed by atoms with Gasteiger partial charge < -0.3 is 9.13 Å². The van der Waals surface area contributed by atoms with Crippen molar-refractivity contribution in [3.8, 4) is 11.4 Å². The van der Waals surface area contributed by atoms with E-state index in [0.29, 0.717) is 0 Å². The van der Waals surface area contributed by atoms with E-state index >= 15 is 0 Å². The first kappa shape index (κ1) is 28.5. The van der Waals surface area contributed by atoms with Crippen LogP contribution in [0.15, 0.2) is 170 Å². The van der Waals surface area contributed by atoms with Crippen LogP contribution in [0.2, 0.25) is 0 Å². The van der Waals surface area contributed by atoms with Gasteiger partial charge in [-0.25, -0.2) is 0 Å². The number of allylic oxidation sites excluding steroid dienone is 1. The third-order valence-electron chi connectivity index (χ3n) is 11.5. The molecule has 0 aliphatic heterocycles. The molecule has 51 heavy (non-hydrogen) atoms. The predicted octanol–water partition coefficient (Wildman–Crippen LogP) is 13.1. The molecule has 0 fully saturated rings. The Bertz CT molecular complexity index is 3060. The minimum Gasteiger partial charge on any atom is -0.309 e. The molecule has 1 aliphatic carbocycles. The molecule has 8 aromatic carbocycles. The van der Waals surface area contributed by atoms with Gasteiger partial charge in [-0.15, -0.1) is 0 Å². The van der Waals surface area contributed by atoms with Crippen LogP contribution >= 0.6 is 0 Å². The van der Waals surface area contributed by atoms with Crippen molar-refractivity contribution in [2.24, 2.45) is 0 Å². The molecule has 2 nitrogen and oxygen atoms in total. The molecule has 2 atom stereocenters. The second-order valence-electron chi connectivity index (χ2n) is 14.1. The molecular weight excluding hydrogens is 617 g/mol. The van der Waals surface area contributed by atoms with Crippen molar-refractivity contribution in [1.29, 1.82) is 0 Å². The number of aromatic nitrogens is 2. The van der Waals surface area contributed by atoms with Gasteiger partial charge in [-0.3, -0.25) is 0 Å². The van der Waals surface area contributed by atoms with Crippen molar-refractivity contribution >= 4 is 71.1 Å². The van der Waals surface area contributed by atoms with Gasteiger partial charge in [0.2, 0.25) is 0 Å². The summed E-state index contributed by atoms with van der Waals surface area (Å²) in [4.78, 5) is 0. The summed E-state index contributed by atoms with van der Waals surface area (Å²) >= 11 is 0. The second kappa shape index (κ2) is 10.8. The summed E-state index contributed by atoms with van der Waals surface area (Å²) in [5.74, 6) is 0.534. The van der Waals surface area contributed by atoms with E-state index in [1.807, 2.05) is 0 Å². The van der Waals surface area contributed by atoms with Gasteiger partial charge in [0, 0.05) is 33.2 Å². The van der Waals surface area contributed by atoms with E-state index < -0.39 is 0 Å².